The van der Waals surface area contributed by atoms with Crippen LogP contribution in [0.25, 0.3) is 10.9 Å². The number of H-pyrrole nitrogens is 1. The average Bonchev–Trinajstić information content (AvgIpc) is 2.55. The van der Waals surface area contributed by atoms with Crippen LogP contribution >= 0.6 is 15.9 Å². The number of nitrogens with one attached hydrogen (secondary N) is 2. The number of amides is 1. The molecule has 1 amide bonds. The van der Waals surface area contributed by atoms with E-state index in [1.807, 2.05) is 12.1 Å². The maximum Gasteiger partial charge on any atom is 0.261 e. The van der Waals surface area contributed by atoms with Crippen LogP contribution in [-0.2, 0) is 0 Å². The van der Waals surface area contributed by atoms with Gasteiger partial charge in [-0.05, 0) is 36.4 Å². The van der Waals surface area contributed by atoms with Crippen LogP contribution in [0.2, 0.25) is 0 Å². The average molecular weight is 368 g/mol. The van der Waals surface area contributed by atoms with Gasteiger partial charge in [0.2, 0.25) is 0 Å². The third-order valence-corrected chi connectivity index (χ3v) is 3.84. The molecular weight excluding hydrogens is 358 g/mol. The topological polar surface area (TPSA) is 85.8 Å². The van der Waals surface area contributed by atoms with Crippen LogP contribution in [-0.4, -0.2) is 10.9 Å². The smallest absolute Gasteiger partial charge is 0.261 e. The molecule has 0 spiro atoms. The SMILES string of the molecule is N#Cc1ccccc1NC(=O)c1cc2cc(Br)ccc2[nH]c1=O. The fourth-order valence-corrected chi connectivity index (χ4v) is 2.60. The minimum absolute atomic E-state index is 0.0108. The lowest BCUT2D eigenvalue weighted by Gasteiger charge is -2.07. The molecule has 3 aromatic rings. The normalized spacial score (nSPS) is 10.3. The van der Waals surface area contributed by atoms with E-state index < -0.39 is 11.5 Å². The maximum absolute atomic E-state index is 12.4. The first-order chi connectivity index (χ1) is 11.1. The summed E-state index contributed by atoms with van der Waals surface area (Å²) in [5.74, 6) is -0.559. The van der Waals surface area contributed by atoms with Crippen molar-refractivity contribution in [2.75, 3.05) is 5.32 Å². The molecule has 1 heterocycles. The number of carbonyl (C=O) groups is 1. The number of nitrogens with zero attached hydrogens (tertiary/aromatic N) is 1. The largest absolute Gasteiger partial charge is 0.321 e. The van der Waals surface area contributed by atoms with E-state index in [9.17, 15) is 9.59 Å². The van der Waals surface area contributed by atoms with Gasteiger partial charge in [0.15, 0.2) is 0 Å². The maximum atomic E-state index is 12.4. The van der Waals surface area contributed by atoms with Crippen LogP contribution in [0.5, 0.6) is 0 Å². The van der Waals surface area contributed by atoms with Crippen molar-refractivity contribution in [2.24, 2.45) is 0 Å². The summed E-state index contributed by atoms with van der Waals surface area (Å²) >= 11 is 3.36. The molecule has 5 nitrogen and oxygen atoms in total. The Morgan fingerprint density at radius 2 is 1.96 bits per heavy atom. The number of hydrogen-bond acceptors (Lipinski definition) is 3. The molecule has 0 atom stereocenters. The Balaban J connectivity index is 2.02. The highest BCUT2D eigenvalue weighted by molar-refractivity contribution is 9.10. The number of rotatable bonds is 2. The predicted molar refractivity (Wildman–Crippen MR) is 91.4 cm³/mol. The predicted octanol–water partition coefficient (Wildman–Crippen LogP) is 3.41. The van der Waals surface area contributed by atoms with Crippen molar-refractivity contribution in [3.05, 3.63) is 74.5 Å². The van der Waals surface area contributed by atoms with E-state index in [2.05, 4.69) is 26.2 Å². The number of para-hydroxylation sites is 1. The molecule has 1 aromatic heterocycles. The second-order valence-electron chi connectivity index (χ2n) is 4.86. The highest BCUT2D eigenvalue weighted by Gasteiger charge is 2.13. The standard InChI is InChI=1S/C17H10BrN3O2/c18-12-5-6-15-11(7-12)8-13(17(23)21-15)16(22)20-14-4-2-1-3-10(14)9-19/h1-8H,(H,20,22)(H,21,23). The van der Waals surface area contributed by atoms with Crippen molar-refractivity contribution in [3.8, 4) is 6.07 Å². The number of anilines is 1. The summed E-state index contributed by atoms with van der Waals surface area (Å²) in [4.78, 5) is 27.2. The van der Waals surface area contributed by atoms with Crippen molar-refractivity contribution in [1.29, 1.82) is 5.26 Å². The fourth-order valence-electron chi connectivity index (χ4n) is 2.23. The van der Waals surface area contributed by atoms with Gasteiger partial charge in [-0.3, -0.25) is 9.59 Å². The number of nitriles is 1. The number of carbonyl (C=O) groups excluding carboxylic acids is 1. The van der Waals surface area contributed by atoms with E-state index in [0.717, 1.165) is 9.86 Å². The Morgan fingerprint density at radius 1 is 1.17 bits per heavy atom. The summed E-state index contributed by atoms with van der Waals surface area (Å²) in [6.45, 7) is 0. The Hall–Kier alpha value is -2.91. The van der Waals surface area contributed by atoms with Crippen molar-refractivity contribution < 1.29 is 4.79 Å². The molecular formula is C17H10BrN3O2. The fraction of sp³-hybridized carbons (Fsp3) is 0. The second-order valence-corrected chi connectivity index (χ2v) is 5.77. The minimum atomic E-state index is -0.559. The van der Waals surface area contributed by atoms with Crippen LogP contribution < -0.4 is 10.9 Å². The van der Waals surface area contributed by atoms with Gasteiger partial charge in [-0.1, -0.05) is 28.1 Å². The molecule has 23 heavy (non-hydrogen) atoms. The molecule has 0 fully saturated rings. The van der Waals surface area contributed by atoms with Gasteiger partial charge in [-0.2, -0.15) is 5.26 Å². The van der Waals surface area contributed by atoms with Gasteiger partial charge in [0.25, 0.3) is 11.5 Å². The summed E-state index contributed by atoms with van der Waals surface area (Å²) in [5, 5.41) is 12.4. The third-order valence-electron chi connectivity index (χ3n) is 3.35. The first kappa shape index (κ1) is 15.0. The first-order valence-electron chi connectivity index (χ1n) is 6.71. The monoisotopic (exact) mass is 367 g/mol. The summed E-state index contributed by atoms with van der Waals surface area (Å²) in [7, 11) is 0. The van der Waals surface area contributed by atoms with Gasteiger partial charge < -0.3 is 10.3 Å². The van der Waals surface area contributed by atoms with Crippen LogP contribution in [0.15, 0.2) is 57.8 Å². The lowest BCUT2D eigenvalue weighted by Crippen LogP contribution is -2.23. The number of pyridine rings is 1. The van der Waals surface area contributed by atoms with Crippen molar-refractivity contribution in [2.45, 2.75) is 0 Å². The zero-order valence-corrected chi connectivity index (χ0v) is 13.3. The molecule has 0 saturated carbocycles. The van der Waals surface area contributed by atoms with Crippen LogP contribution in [0.4, 0.5) is 5.69 Å². The molecule has 0 aliphatic rings. The van der Waals surface area contributed by atoms with E-state index in [1.165, 1.54) is 6.07 Å². The number of benzene rings is 2. The highest BCUT2D eigenvalue weighted by atomic mass is 79.9. The van der Waals surface area contributed by atoms with Crippen molar-refractivity contribution in [1.82, 2.24) is 4.98 Å². The van der Waals surface area contributed by atoms with E-state index in [4.69, 9.17) is 5.26 Å². The van der Waals surface area contributed by atoms with Gasteiger partial charge in [-0.25, -0.2) is 0 Å². The lowest BCUT2D eigenvalue weighted by molar-refractivity contribution is 0.102. The molecule has 0 bridgehead atoms. The molecule has 112 valence electrons. The van der Waals surface area contributed by atoms with Gasteiger partial charge in [0.05, 0.1) is 11.3 Å². The van der Waals surface area contributed by atoms with Gasteiger partial charge in [-0.15, -0.1) is 0 Å². The second kappa shape index (κ2) is 6.07. The van der Waals surface area contributed by atoms with Crippen LogP contribution in [0.1, 0.15) is 15.9 Å². The third kappa shape index (κ3) is 3.00. The first-order valence-corrected chi connectivity index (χ1v) is 7.51. The van der Waals surface area contributed by atoms with Gasteiger partial charge >= 0.3 is 0 Å². The van der Waals surface area contributed by atoms with Crippen molar-refractivity contribution >= 4 is 38.4 Å². The van der Waals surface area contributed by atoms with E-state index in [0.29, 0.717) is 16.8 Å². The number of aromatic amines is 1. The lowest BCUT2D eigenvalue weighted by atomic mass is 10.1. The van der Waals surface area contributed by atoms with E-state index in [-0.39, 0.29) is 5.56 Å². The molecule has 3 rings (SSSR count). The summed E-state index contributed by atoms with van der Waals surface area (Å²) in [6, 6.07) is 15.5. The molecule has 0 saturated heterocycles. The number of hydrogen-bond donors (Lipinski definition) is 2. The number of aromatic nitrogens is 1. The summed E-state index contributed by atoms with van der Waals surface area (Å²) < 4.78 is 0.846. The zero-order chi connectivity index (χ0) is 16.4. The van der Waals surface area contributed by atoms with Gasteiger partial charge in [0.1, 0.15) is 11.6 Å². The molecule has 0 aliphatic heterocycles. The Kier molecular flexibility index (Phi) is 3.96. The quantitative estimate of drug-likeness (QED) is 0.727. The number of fused-ring (bicyclic) bond motifs is 1. The molecule has 2 N–H and O–H groups in total. The van der Waals surface area contributed by atoms with E-state index >= 15 is 0 Å². The van der Waals surface area contributed by atoms with E-state index in [1.54, 1.807) is 36.4 Å². The molecule has 6 heteroatoms. The zero-order valence-electron chi connectivity index (χ0n) is 11.8. The van der Waals surface area contributed by atoms with Crippen molar-refractivity contribution in [3.63, 3.8) is 0 Å². The molecule has 0 radical (unpaired) electrons. The molecule has 0 unspecified atom stereocenters. The summed E-state index contributed by atoms with van der Waals surface area (Å²) in [5.41, 5.74) is 0.858. The molecule has 0 aliphatic carbocycles. The summed E-state index contributed by atoms with van der Waals surface area (Å²) in [6.07, 6.45) is 0. The Labute approximate surface area is 139 Å². The minimum Gasteiger partial charge on any atom is -0.321 e. The van der Waals surface area contributed by atoms with Gasteiger partial charge in [0, 0.05) is 15.4 Å². The van der Waals surface area contributed by atoms with Crippen LogP contribution in [0.3, 0.4) is 0 Å². The highest BCUT2D eigenvalue weighted by Crippen LogP contribution is 2.19. The van der Waals surface area contributed by atoms with Crippen LogP contribution in [0, 0.1) is 11.3 Å². The number of halogens is 1. The molecule has 2 aromatic carbocycles. The Bertz CT molecular complexity index is 1020. The Morgan fingerprint density at radius 3 is 2.74 bits per heavy atom.